The Hall–Kier alpha value is -2.32. The molecule has 1 aliphatic carbocycles. The van der Waals surface area contributed by atoms with Gasteiger partial charge in [0.1, 0.15) is 0 Å². The van der Waals surface area contributed by atoms with Gasteiger partial charge in [-0.1, -0.05) is 19.3 Å². The van der Waals surface area contributed by atoms with Crippen LogP contribution in [0.25, 0.3) is 11.1 Å². The molecule has 2 aliphatic rings. The van der Waals surface area contributed by atoms with Crippen LogP contribution in [0, 0.1) is 5.92 Å². The van der Waals surface area contributed by atoms with Crippen LogP contribution < -0.4 is 21.9 Å². The van der Waals surface area contributed by atoms with Crippen molar-refractivity contribution in [3.05, 3.63) is 28.7 Å². The second-order valence-electron chi connectivity index (χ2n) is 7.72. The Morgan fingerprint density at radius 3 is 2.96 bits per heavy atom. The Kier molecular flexibility index (Phi) is 4.92. The van der Waals surface area contributed by atoms with E-state index in [1.54, 1.807) is 30.1 Å². The molecule has 4 rings (SSSR count). The Labute approximate surface area is 157 Å². The maximum Gasteiger partial charge on any atom is 0.419 e. The summed E-state index contributed by atoms with van der Waals surface area (Å²) in [6.45, 7) is 0.642. The van der Waals surface area contributed by atoms with E-state index in [9.17, 15) is 9.59 Å². The molecule has 0 spiro atoms. The standard InChI is InChI=1S/C19H27N5O3/c1-23(11-15-13-6-4-3-5-7-14(13)21-22-15)18(25)20-12-8-9-16-17(10-12)27-19(26)24(16)2/h8-10,13-15,21-22H,3-7,11H2,1-2H3,(H,20,25). The van der Waals surface area contributed by atoms with Crippen molar-refractivity contribution in [2.24, 2.45) is 13.0 Å². The smallest absolute Gasteiger partial charge is 0.408 e. The third kappa shape index (κ3) is 3.59. The summed E-state index contributed by atoms with van der Waals surface area (Å²) in [6, 6.07) is 5.83. The lowest BCUT2D eigenvalue weighted by molar-refractivity contribution is 0.212. The number of hydrazine groups is 1. The number of aromatic nitrogens is 1. The van der Waals surface area contributed by atoms with Crippen LogP contribution in [-0.4, -0.2) is 41.2 Å². The number of nitrogens with one attached hydrogen (secondary N) is 3. The first-order valence-corrected chi connectivity index (χ1v) is 9.65. The lowest BCUT2D eigenvalue weighted by atomic mass is 9.90. The summed E-state index contributed by atoms with van der Waals surface area (Å²) >= 11 is 0. The molecule has 1 saturated heterocycles. The SMILES string of the molecule is CN(CC1NNC2CCCCCC21)C(=O)Nc1ccc2c(c1)oc(=O)n2C. The molecule has 2 fully saturated rings. The van der Waals surface area contributed by atoms with E-state index in [-0.39, 0.29) is 12.1 Å². The van der Waals surface area contributed by atoms with Crippen LogP contribution in [-0.2, 0) is 7.05 Å². The van der Waals surface area contributed by atoms with Crippen molar-refractivity contribution in [1.29, 1.82) is 0 Å². The zero-order valence-corrected chi connectivity index (χ0v) is 15.8. The number of hydrogen-bond acceptors (Lipinski definition) is 5. The molecule has 2 amide bonds. The number of fused-ring (bicyclic) bond motifs is 2. The van der Waals surface area contributed by atoms with Crippen molar-refractivity contribution < 1.29 is 9.21 Å². The van der Waals surface area contributed by atoms with Gasteiger partial charge in [-0.05, 0) is 30.9 Å². The van der Waals surface area contributed by atoms with E-state index < -0.39 is 5.76 Å². The van der Waals surface area contributed by atoms with Gasteiger partial charge in [-0.25, -0.2) is 9.59 Å². The summed E-state index contributed by atoms with van der Waals surface area (Å²) in [5, 5.41) is 2.89. The molecule has 8 heteroatoms. The van der Waals surface area contributed by atoms with Gasteiger partial charge in [-0.3, -0.25) is 15.4 Å². The maximum absolute atomic E-state index is 12.6. The fraction of sp³-hybridized carbons (Fsp3) is 0.579. The van der Waals surface area contributed by atoms with Crippen molar-refractivity contribution in [3.63, 3.8) is 0 Å². The van der Waals surface area contributed by atoms with Crippen molar-refractivity contribution in [3.8, 4) is 0 Å². The van der Waals surface area contributed by atoms with Crippen molar-refractivity contribution >= 4 is 22.8 Å². The maximum atomic E-state index is 12.6. The van der Waals surface area contributed by atoms with Crippen molar-refractivity contribution in [2.75, 3.05) is 18.9 Å². The van der Waals surface area contributed by atoms with E-state index in [1.165, 1.54) is 36.7 Å². The fourth-order valence-electron chi connectivity index (χ4n) is 4.31. The first kappa shape index (κ1) is 18.1. The summed E-state index contributed by atoms with van der Waals surface area (Å²) in [5.41, 5.74) is 8.58. The molecule has 8 nitrogen and oxygen atoms in total. The van der Waals surface area contributed by atoms with Crippen molar-refractivity contribution in [1.82, 2.24) is 20.3 Å². The van der Waals surface area contributed by atoms with Crippen LogP contribution in [0.4, 0.5) is 10.5 Å². The lowest BCUT2D eigenvalue weighted by Crippen LogP contribution is -2.44. The van der Waals surface area contributed by atoms with Gasteiger partial charge < -0.3 is 14.6 Å². The summed E-state index contributed by atoms with van der Waals surface area (Å²) in [5.74, 6) is 0.154. The molecule has 3 atom stereocenters. The predicted molar refractivity (Wildman–Crippen MR) is 104 cm³/mol. The van der Waals surface area contributed by atoms with Crippen LogP contribution in [0.3, 0.4) is 0 Å². The van der Waals surface area contributed by atoms with Crippen LogP contribution in [0.2, 0.25) is 0 Å². The predicted octanol–water partition coefficient (Wildman–Crippen LogP) is 2.02. The highest BCUT2D eigenvalue weighted by Crippen LogP contribution is 2.29. The van der Waals surface area contributed by atoms with Crippen molar-refractivity contribution in [2.45, 2.75) is 44.2 Å². The van der Waals surface area contributed by atoms with E-state index in [0.717, 1.165) is 0 Å². The molecule has 0 radical (unpaired) electrons. The van der Waals surface area contributed by atoms with Crippen LogP contribution in [0.1, 0.15) is 32.1 Å². The highest BCUT2D eigenvalue weighted by molar-refractivity contribution is 5.91. The number of oxazole rings is 1. The second-order valence-corrected chi connectivity index (χ2v) is 7.72. The number of hydrogen-bond donors (Lipinski definition) is 3. The second kappa shape index (κ2) is 7.36. The van der Waals surface area contributed by atoms with E-state index in [1.807, 2.05) is 7.05 Å². The third-order valence-corrected chi connectivity index (χ3v) is 5.90. The molecule has 3 N–H and O–H groups in total. The molecule has 1 aromatic carbocycles. The van der Waals surface area contributed by atoms with Gasteiger partial charge in [0.05, 0.1) is 5.52 Å². The Bertz CT molecular complexity index is 889. The topological polar surface area (TPSA) is 91.5 Å². The third-order valence-electron chi connectivity index (χ3n) is 5.90. The molecular formula is C19H27N5O3. The molecule has 27 heavy (non-hydrogen) atoms. The largest absolute Gasteiger partial charge is 0.419 e. The fourth-order valence-corrected chi connectivity index (χ4v) is 4.31. The molecule has 0 bridgehead atoms. The Morgan fingerprint density at radius 1 is 1.30 bits per heavy atom. The molecule has 146 valence electrons. The number of benzene rings is 1. The molecule has 2 heterocycles. The average molecular weight is 373 g/mol. The quantitative estimate of drug-likeness (QED) is 0.766. The van der Waals surface area contributed by atoms with E-state index in [2.05, 4.69) is 16.2 Å². The minimum Gasteiger partial charge on any atom is -0.408 e. The summed E-state index contributed by atoms with van der Waals surface area (Å²) in [7, 11) is 3.46. The highest BCUT2D eigenvalue weighted by Gasteiger charge is 2.37. The van der Waals surface area contributed by atoms with E-state index >= 15 is 0 Å². The zero-order valence-electron chi connectivity index (χ0n) is 15.8. The first-order chi connectivity index (χ1) is 13.0. The van der Waals surface area contributed by atoms with Gasteiger partial charge in [0.2, 0.25) is 0 Å². The molecule has 2 aromatic rings. The van der Waals surface area contributed by atoms with Gasteiger partial charge in [0.15, 0.2) is 5.58 Å². The Morgan fingerprint density at radius 2 is 2.11 bits per heavy atom. The van der Waals surface area contributed by atoms with Crippen LogP contribution in [0.5, 0.6) is 0 Å². The van der Waals surface area contributed by atoms with E-state index in [4.69, 9.17) is 4.42 Å². The molecule has 1 aromatic heterocycles. The van der Waals surface area contributed by atoms with Gasteiger partial charge in [0.25, 0.3) is 0 Å². The first-order valence-electron chi connectivity index (χ1n) is 9.65. The number of rotatable bonds is 3. The van der Waals surface area contributed by atoms with Crippen LogP contribution >= 0.6 is 0 Å². The molecule has 3 unspecified atom stereocenters. The number of nitrogens with zero attached hydrogens (tertiary/aromatic N) is 2. The number of carbonyl (C=O) groups excluding carboxylic acids is 1. The lowest BCUT2D eigenvalue weighted by Gasteiger charge is -2.26. The molecule has 1 saturated carbocycles. The minimum absolute atomic E-state index is 0.175. The Balaban J connectivity index is 1.40. The van der Waals surface area contributed by atoms with Gasteiger partial charge in [-0.2, -0.15) is 0 Å². The summed E-state index contributed by atoms with van der Waals surface area (Å²) < 4.78 is 6.62. The molecular weight excluding hydrogens is 346 g/mol. The number of urea groups is 1. The van der Waals surface area contributed by atoms with Crippen LogP contribution in [0.15, 0.2) is 27.4 Å². The monoisotopic (exact) mass is 373 g/mol. The van der Waals surface area contributed by atoms with Gasteiger partial charge in [0, 0.05) is 44.5 Å². The van der Waals surface area contributed by atoms with Gasteiger partial charge >= 0.3 is 11.8 Å². The number of amides is 2. The normalized spacial score (nSPS) is 25.2. The minimum atomic E-state index is -0.414. The summed E-state index contributed by atoms with van der Waals surface area (Å²) in [4.78, 5) is 25.9. The highest BCUT2D eigenvalue weighted by atomic mass is 16.4. The number of anilines is 1. The van der Waals surface area contributed by atoms with Gasteiger partial charge in [-0.15, -0.1) is 0 Å². The number of likely N-dealkylation sites (N-methyl/N-ethyl adjacent to an activating group) is 1. The molecule has 1 aliphatic heterocycles. The zero-order chi connectivity index (χ0) is 19.0. The average Bonchev–Trinajstić information content (AvgIpc) is 3.04. The van der Waals surface area contributed by atoms with E-state index in [0.29, 0.717) is 35.3 Å². The number of aryl methyl sites for hydroxylation is 1. The number of carbonyl (C=O) groups is 1. The summed E-state index contributed by atoms with van der Waals surface area (Å²) in [6.07, 6.45) is 6.24.